The molecule has 26 heavy (non-hydrogen) atoms. The zero-order valence-corrected chi connectivity index (χ0v) is 14.4. The summed E-state index contributed by atoms with van der Waals surface area (Å²) < 4.78 is 18.6. The Labute approximate surface area is 154 Å². The topological polar surface area (TPSA) is 64.1 Å². The maximum Gasteiger partial charge on any atom is 0.224 e. The number of halogens is 2. The van der Waals surface area contributed by atoms with Crippen LogP contribution in [-0.4, -0.2) is 15.9 Å². The molecule has 7 heteroatoms. The maximum atomic E-state index is 13.1. The molecule has 0 saturated heterocycles. The lowest BCUT2D eigenvalue weighted by Crippen LogP contribution is -2.12. The van der Waals surface area contributed by atoms with Crippen LogP contribution < -0.4 is 10.1 Å². The molecule has 0 aliphatic carbocycles. The van der Waals surface area contributed by atoms with Crippen molar-refractivity contribution in [2.45, 2.75) is 12.8 Å². The van der Waals surface area contributed by atoms with Crippen LogP contribution in [0.25, 0.3) is 0 Å². The van der Waals surface area contributed by atoms with Gasteiger partial charge in [-0.15, -0.1) is 0 Å². The second kappa shape index (κ2) is 8.40. The minimum absolute atomic E-state index is 0.192. The Morgan fingerprint density at radius 1 is 1.12 bits per heavy atom. The van der Waals surface area contributed by atoms with Crippen LogP contribution in [0, 0.1) is 5.82 Å². The fourth-order valence-corrected chi connectivity index (χ4v) is 2.34. The monoisotopic (exact) mass is 371 g/mol. The van der Waals surface area contributed by atoms with Gasteiger partial charge in [0.25, 0.3) is 0 Å². The van der Waals surface area contributed by atoms with Crippen molar-refractivity contribution < 1.29 is 13.9 Å². The number of carbonyl (C=O) groups excluding carboxylic acids is 1. The van der Waals surface area contributed by atoms with E-state index in [0.29, 0.717) is 34.3 Å². The second-order valence-corrected chi connectivity index (χ2v) is 5.94. The lowest BCUT2D eigenvalue weighted by Gasteiger charge is -2.07. The van der Waals surface area contributed by atoms with Crippen molar-refractivity contribution in [2.24, 2.45) is 0 Å². The molecule has 2 heterocycles. The summed E-state index contributed by atoms with van der Waals surface area (Å²) in [6.45, 7) is 0. The number of nitrogens with zero attached hydrogens (tertiary/aromatic N) is 2. The number of aryl methyl sites for hydroxylation is 1. The standard InChI is InChI=1S/C19H15ClFN3O2/c20-14-2-5-17(6-3-14)26-19-8-4-16(12-23-19)24-18(25)7-1-13-9-15(21)11-22-10-13/h2-6,8-12H,1,7H2,(H,24,25). The Balaban J connectivity index is 1.51. The Kier molecular flexibility index (Phi) is 5.76. The number of rotatable bonds is 6. The molecule has 0 fully saturated rings. The van der Waals surface area contributed by atoms with Gasteiger partial charge in [-0.1, -0.05) is 11.6 Å². The van der Waals surface area contributed by atoms with Gasteiger partial charge in [0.2, 0.25) is 11.8 Å². The largest absolute Gasteiger partial charge is 0.439 e. The fourth-order valence-electron chi connectivity index (χ4n) is 2.21. The first-order chi connectivity index (χ1) is 12.6. The van der Waals surface area contributed by atoms with Crippen molar-refractivity contribution in [2.75, 3.05) is 5.32 Å². The average molecular weight is 372 g/mol. The van der Waals surface area contributed by atoms with E-state index in [1.807, 2.05) is 0 Å². The molecule has 1 N–H and O–H groups in total. The second-order valence-electron chi connectivity index (χ2n) is 5.50. The van der Waals surface area contributed by atoms with Crippen molar-refractivity contribution in [3.8, 4) is 11.6 Å². The van der Waals surface area contributed by atoms with Crippen LogP contribution >= 0.6 is 11.6 Å². The lowest BCUT2D eigenvalue weighted by atomic mass is 10.1. The number of anilines is 1. The molecule has 1 amide bonds. The summed E-state index contributed by atoms with van der Waals surface area (Å²) in [5, 5.41) is 3.36. The van der Waals surface area contributed by atoms with Gasteiger partial charge in [0, 0.05) is 23.7 Å². The smallest absolute Gasteiger partial charge is 0.224 e. The Hall–Kier alpha value is -2.99. The van der Waals surface area contributed by atoms with Crippen LogP contribution in [0.5, 0.6) is 11.6 Å². The first-order valence-electron chi connectivity index (χ1n) is 7.87. The predicted octanol–water partition coefficient (Wildman–Crippen LogP) is 4.63. The van der Waals surface area contributed by atoms with E-state index in [1.54, 1.807) is 42.6 Å². The van der Waals surface area contributed by atoms with Crippen LogP contribution in [-0.2, 0) is 11.2 Å². The molecule has 5 nitrogen and oxygen atoms in total. The van der Waals surface area contributed by atoms with Crippen LogP contribution in [0.2, 0.25) is 5.02 Å². The molecule has 0 saturated carbocycles. The molecule has 1 aromatic carbocycles. The van der Waals surface area contributed by atoms with Gasteiger partial charge in [0.05, 0.1) is 18.1 Å². The molecule has 0 aliphatic heterocycles. The van der Waals surface area contributed by atoms with Crippen molar-refractivity contribution in [3.63, 3.8) is 0 Å². The summed E-state index contributed by atoms with van der Waals surface area (Å²) in [7, 11) is 0. The molecular formula is C19H15ClFN3O2. The third-order valence-corrected chi connectivity index (χ3v) is 3.71. The Bertz CT molecular complexity index is 886. The molecule has 0 radical (unpaired) electrons. The van der Waals surface area contributed by atoms with E-state index in [1.165, 1.54) is 12.3 Å². The molecule has 3 rings (SSSR count). The minimum atomic E-state index is -0.414. The van der Waals surface area contributed by atoms with Crippen LogP contribution in [0.15, 0.2) is 61.1 Å². The van der Waals surface area contributed by atoms with Gasteiger partial charge in [-0.25, -0.2) is 9.37 Å². The van der Waals surface area contributed by atoms with Gasteiger partial charge >= 0.3 is 0 Å². The van der Waals surface area contributed by atoms with Crippen molar-refractivity contribution in [3.05, 3.63) is 77.5 Å². The van der Waals surface area contributed by atoms with Crippen LogP contribution in [0.1, 0.15) is 12.0 Å². The number of hydrogen-bond donors (Lipinski definition) is 1. The zero-order valence-electron chi connectivity index (χ0n) is 13.7. The number of ether oxygens (including phenoxy) is 1. The van der Waals surface area contributed by atoms with Crippen LogP contribution in [0.4, 0.5) is 10.1 Å². The lowest BCUT2D eigenvalue weighted by molar-refractivity contribution is -0.116. The molecule has 3 aromatic rings. The molecule has 2 aromatic heterocycles. The molecule has 132 valence electrons. The third kappa shape index (κ3) is 5.26. The minimum Gasteiger partial charge on any atom is -0.439 e. The first kappa shape index (κ1) is 17.8. The first-order valence-corrected chi connectivity index (χ1v) is 8.25. The van der Waals surface area contributed by atoms with E-state index in [2.05, 4.69) is 15.3 Å². The molecule has 0 spiro atoms. The highest BCUT2D eigenvalue weighted by molar-refractivity contribution is 6.30. The summed E-state index contributed by atoms with van der Waals surface area (Å²) in [6, 6.07) is 11.6. The Morgan fingerprint density at radius 3 is 2.62 bits per heavy atom. The fraction of sp³-hybridized carbons (Fsp3) is 0.105. The molecule has 0 aliphatic rings. The van der Waals surface area contributed by atoms with E-state index in [4.69, 9.17) is 16.3 Å². The summed E-state index contributed by atoms with van der Waals surface area (Å²) >= 11 is 5.82. The van der Waals surface area contributed by atoms with Gasteiger partial charge < -0.3 is 10.1 Å². The summed E-state index contributed by atoms with van der Waals surface area (Å²) in [6.07, 6.45) is 4.80. The number of amides is 1. The maximum absolute atomic E-state index is 13.1. The van der Waals surface area contributed by atoms with Crippen molar-refractivity contribution in [1.29, 1.82) is 0 Å². The van der Waals surface area contributed by atoms with Gasteiger partial charge in [0.15, 0.2) is 0 Å². The average Bonchev–Trinajstić information content (AvgIpc) is 2.64. The quantitative estimate of drug-likeness (QED) is 0.686. The molecule has 0 unspecified atom stereocenters. The van der Waals surface area contributed by atoms with Gasteiger partial charge in [-0.05, 0) is 48.4 Å². The number of nitrogens with one attached hydrogen (secondary N) is 1. The number of hydrogen-bond acceptors (Lipinski definition) is 4. The number of benzene rings is 1. The summed E-state index contributed by atoms with van der Waals surface area (Å²) in [4.78, 5) is 19.9. The van der Waals surface area contributed by atoms with Gasteiger partial charge in [0.1, 0.15) is 11.6 Å². The van der Waals surface area contributed by atoms with Crippen molar-refractivity contribution in [1.82, 2.24) is 9.97 Å². The number of carbonyl (C=O) groups is 1. The van der Waals surface area contributed by atoms with Crippen molar-refractivity contribution >= 4 is 23.2 Å². The summed E-state index contributed by atoms with van der Waals surface area (Å²) in [5.41, 5.74) is 1.22. The van der Waals surface area contributed by atoms with E-state index in [9.17, 15) is 9.18 Å². The van der Waals surface area contributed by atoms with E-state index in [0.717, 1.165) is 6.20 Å². The van der Waals surface area contributed by atoms with E-state index < -0.39 is 5.82 Å². The Morgan fingerprint density at radius 2 is 1.92 bits per heavy atom. The molecule has 0 bridgehead atoms. The molecule has 0 atom stereocenters. The summed E-state index contributed by atoms with van der Waals surface area (Å²) in [5.74, 6) is 0.407. The highest BCUT2D eigenvalue weighted by atomic mass is 35.5. The third-order valence-electron chi connectivity index (χ3n) is 3.46. The van der Waals surface area contributed by atoms with Gasteiger partial charge in [-0.2, -0.15) is 0 Å². The van der Waals surface area contributed by atoms with E-state index in [-0.39, 0.29) is 12.3 Å². The van der Waals surface area contributed by atoms with Crippen LogP contribution in [0.3, 0.4) is 0 Å². The van der Waals surface area contributed by atoms with E-state index >= 15 is 0 Å². The number of pyridine rings is 2. The van der Waals surface area contributed by atoms with Gasteiger partial charge in [-0.3, -0.25) is 9.78 Å². The SMILES string of the molecule is O=C(CCc1cncc(F)c1)Nc1ccc(Oc2ccc(Cl)cc2)nc1. The zero-order chi connectivity index (χ0) is 18.4. The predicted molar refractivity (Wildman–Crippen MR) is 96.9 cm³/mol. The highest BCUT2D eigenvalue weighted by Crippen LogP contribution is 2.22. The highest BCUT2D eigenvalue weighted by Gasteiger charge is 2.06. The molecular weight excluding hydrogens is 357 g/mol. The number of aromatic nitrogens is 2. The normalized spacial score (nSPS) is 10.4.